The van der Waals surface area contributed by atoms with Crippen molar-refractivity contribution < 1.29 is 4.79 Å². The van der Waals surface area contributed by atoms with Gasteiger partial charge in [-0.1, -0.05) is 20.4 Å². The molecule has 0 saturated heterocycles. The summed E-state index contributed by atoms with van der Waals surface area (Å²) in [6, 6.07) is 0. The standard InChI is InChI=1S/C6H11NO.2C4H11N.ClH/c1-4-7-6(8)5(2)3;2*1-4-5(2)3;/h2,4H2,1,3H3,(H,7,8);2*4H2,1-3H3;1H. The molecule has 0 aromatic carbocycles. The van der Waals surface area contributed by atoms with Crippen molar-refractivity contribution in [3.05, 3.63) is 12.2 Å². The molecule has 0 aliphatic carbocycles. The van der Waals surface area contributed by atoms with Gasteiger partial charge in [0.2, 0.25) is 5.91 Å². The zero-order valence-corrected chi connectivity index (χ0v) is 14.9. The summed E-state index contributed by atoms with van der Waals surface area (Å²) in [5.74, 6) is -0.0625. The molecule has 0 rings (SSSR count). The van der Waals surface area contributed by atoms with E-state index in [-0.39, 0.29) is 18.3 Å². The maximum Gasteiger partial charge on any atom is 0.246 e. The number of hydrogen-bond acceptors (Lipinski definition) is 3. The van der Waals surface area contributed by atoms with Crippen LogP contribution in [0.5, 0.6) is 0 Å². The number of rotatable bonds is 4. The van der Waals surface area contributed by atoms with Crippen LogP contribution >= 0.6 is 12.4 Å². The molecule has 0 bridgehead atoms. The zero-order valence-electron chi connectivity index (χ0n) is 14.0. The molecule has 1 N–H and O–H groups in total. The van der Waals surface area contributed by atoms with Gasteiger partial charge in [-0.3, -0.25) is 4.79 Å². The van der Waals surface area contributed by atoms with Crippen LogP contribution in [-0.4, -0.2) is 63.5 Å². The fourth-order valence-electron chi connectivity index (χ4n) is 0.311. The second-order valence-electron chi connectivity index (χ2n) is 4.43. The van der Waals surface area contributed by atoms with Crippen LogP contribution < -0.4 is 5.32 Å². The van der Waals surface area contributed by atoms with E-state index in [0.717, 1.165) is 13.1 Å². The van der Waals surface area contributed by atoms with Crippen LogP contribution in [-0.2, 0) is 4.79 Å². The smallest absolute Gasteiger partial charge is 0.246 e. The lowest BCUT2D eigenvalue weighted by Gasteiger charge is -2.00. The normalized spacial score (nSPS) is 8.53. The van der Waals surface area contributed by atoms with Gasteiger partial charge in [-0.15, -0.1) is 12.4 Å². The number of hydrogen-bond donors (Lipinski definition) is 1. The topological polar surface area (TPSA) is 35.6 Å². The highest BCUT2D eigenvalue weighted by molar-refractivity contribution is 5.91. The van der Waals surface area contributed by atoms with Crippen molar-refractivity contribution in [3.63, 3.8) is 0 Å². The maximum absolute atomic E-state index is 10.5. The van der Waals surface area contributed by atoms with Crippen molar-refractivity contribution in [1.29, 1.82) is 0 Å². The minimum atomic E-state index is -0.0625. The van der Waals surface area contributed by atoms with Gasteiger partial charge < -0.3 is 15.1 Å². The van der Waals surface area contributed by atoms with Gasteiger partial charge in [-0.2, -0.15) is 0 Å². The van der Waals surface area contributed by atoms with Crippen LogP contribution in [0.25, 0.3) is 0 Å². The number of amides is 1. The summed E-state index contributed by atoms with van der Waals surface area (Å²) in [6.45, 7) is 14.2. The van der Waals surface area contributed by atoms with Gasteiger partial charge in [0.25, 0.3) is 0 Å². The summed E-state index contributed by atoms with van der Waals surface area (Å²) in [7, 11) is 8.22. The van der Waals surface area contributed by atoms with E-state index >= 15 is 0 Å². The quantitative estimate of drug-likeness (QED) is 0.808. The molecule has 118 valence electrons. The summed E-state index contributed by atoms with van der Waals surface area (Å²) in [4.78, 5) is 14.8. The summed E-state index contributed by atoms with van der Waals surface area (Å²) >= 11 is 0. The van der Waals surface area contributed by atoms with Crippen molar-refractivity contribution in [2.75, 3.05) is 47.8 Å². The Morgan fingerprint density at radius 3 is 1.32 bits per heavy atom. The number of carbonyl (C=O) groups is 1. The van der Waals surface area contributed by atoms with E-state index in [9.17, 15) is 4.79 Å². The zero-order chi connectivity index (χ0) is 15.1. The van der Waals surface area contributed by atoms with Gasteiger partial charge >= 0.3 is 0 Å². The van der Waals surface area contributed by atoms with E-state index in [0.29, 0.717) is 12.1 Å². The molecule has 5 heteroatoms. The van der Waals surface area contributed by atoms with Gasteiger partial charge in [0, 0.05) is 12.1 Å². The molecule has 0 unspecified atom stereocenters. The Morgan fingerprint density at radius 2 is 1.26 bits per heavy atom. The van der Waals surface area contributed by atoms with Crippen molar-refractivity contribution in [2.45, 2.75) is 27.7 Å². The van der Waals surface area contributed by atoms with E-state index in [1.54, 1.807) is 6.92 Å². The highest BCUT2D eigenvalue weighted by Gasteiger charge is 1.95. The van der Waals surface area contributed by atoms with Crippen LogP contribution in [0.4, 0.5) is 0 Å². The predicted molar refractivity (Wildman–Crippen MR) is 89.2 cm³/mol. The van der Waals surface area contributed by atoms with E-state index in [1.165, 1.54) is 0 Å². The minimum absolute atomic E-state index is 0. The van der Waals surface area contributed by atoms with E-state index in [1.807, 2.05) is 6.92 Å². The average Bonchev–Trinajstić information content (AvgIpc) is 2.30. The fraction of sp³-hybridized carbons (Fsp3) is 0.786. The Morgan fingerprint density at radius 1 is 1.00 bits per heavy atom. The molecular weight excluding hydrogens is 262 g/mol. The van der Waals surface area contributed by atoms with Crippen molar-refractivity contribution in [2.24, 2.45) is 0 Å². The molecule has 1 amide bonds. The Bertz CT molecular complexity index is 199. The number of halogens is 1. The highest BCUT2D eigenvalue weighted by atomic mass is 35.5. The Labute approximate surface area is 126 Å². The van der Waals surface area contributed by atoms with Crippen molar-refractivity contribution in [3.8, 4) is 0 Å². The van der Waals surface area contributed by atoms with E-state index in [4.69, 9.17) is 0 Å². The molecule has 0 saturated carbocycles. The SMILES string of the molecule is C=C(C)C(=O)NCC.CCN(C)C.CCN(C)C.Cl. The van der Waals surface area contributed by atoms with E-state index < -0.39 is 0 Å². The molecule has 0 aromatic heterocycles. The third-order valence-electron chi connectivity index (χ3n) is 1.99. The Balaban J connectivity index is -0.0000000906. The van der Waals surface area contributed by atoms with Crippen LogP contribution in [0, 0.1) is 0 Å². The van der Waals surface area contributed by atoms with Gasteiger partial charge in [0.1, 0.15) is 0 Å². The number of nitrogens with zero attached hydrogens (tertiary/aromatic N) is 2. The van der Waals surface area contributed by atoms with Crippen LogP contribution in [0.15, 0.2) is 12.2 Å². The van der Waals surface area contributed by atoms with Crippen LogP contribution in [0.1, 0.15) is 27.7 Å². The first-order valence-electron chi connectivity index (χ1n) is 6.45. The van der Waals surface area contributed by atoms with Crippen molar-refractivity contribution >= 4 is 18.3 Å². The molecule has 0 aliphatic heterocycles. The molecule has 0 heterocycles. The highest BCUT2D eigenvalue weighted by Crippen LogP contribution is 1.82. The largest absolute Gasteiger partial charge is 0.353 e. The number of carbonyl (C=O) groups excluding carboxylic acids is 1. The molecule has 0 aliphatic rings. The Hall–Kier alpha value is -0.580. The monoisotopic (exact) mass is 295 g/mol. The molecule has 19 heavy (non-hydrogen) atoms. The number of nitrogens with one attached hydrogen (secondary N) is 1. The molecule has 0 aromatic rings. The lowest BCUT2D eigenvalue weighted by molar-refractivity contribution is -0.117. The molecule has 0 fully saturated rings. The van der Waals surface area contributed by atoms with Crippen LogP contribution in [0.3, 0.4) is 0 Å². The minimum Gasteiger partial charge on any atom is -0.353 e. The summed E-state index contributed by atoms with van der Waals surface area (Å²) in [5.41, 5.74) is 0.562. The lowest BCUT2D eigenvalue weighted by atomic mass is 10.3. The number of likely N-dealkylation sites (N-methyl/N-ethyl adjacent to an activating group) is 1. The molecular formula is C14H34ClN3O. The third kappa shape index (κ3) is 38.1. The fourth-order valence-corrected chi connectivity index (χ4v) is 0.311. The first-order valence-corrected chi connectivity index (χ1v) is 6.45. The first kappa shape index (κ1) is 26.9. The second kappa shape index (κ2) is 19.8. The summed E-state index contributed by atoms with van der Waals surface area (Å²) < 4.78 is 0. The Kier molecular flexibility index (Phi) is 27.9. The third-order valence-corrected chi connectivity index (χ3v) is 1.99. The molecule has 0 atom stereocenters. The predicted octanol–water partition coefficient (Wildman–Crippen LogP) is 2.26. The summed E-state index contributed by atoms with van der Waals surface area (Å²) in [5, 5.41) is 2.61. The van der Waals surface area contributed by atoms with E-state index in [2.05, 4.69) is 63.7 Å². The molecule has 0 radical (unpaired) electrons. The molecule has 0 spiro atoms. The van der Waals surface area contributed by atoms with Crippen LogP contribution in [0.2, 0.25) is 0 Å². The van der Waals surface area contributed by atoms with Gasteiger partial charge in [-0.25, -0.2) is 0 Å². The van der Waals surface area contributed by atoms with Gasteiger partial charge in [0.15, 0.2) is 0 Å². The maximum atomic E-state index is 10.5. The van der Waals surface area contributed by atoms with Gasteiger partial charge in [0.05, 0.1) is 0 Å². The molecule has 4 nitrogen and oxygen atoms in total. The summed E-state index contributed by atoms with van der Waals surface area (Å²) in [6.07, 6.45) is 0. The van der Waals surface area contributed by atoms with Crippen molar-refractivity contribution in [1.82, 2.24) is 15.1 Å². The first-order chi connectivity index (χ1) is 8.22. The average molecular weight is 296 g/mol. The second-order valence-corrected chi connectivity index (χ2v) is 4.43. The lowest BCUT2D eigenvalue weighted by Crippen LogP contribution is -2.22. The van der Waals surface area contributed by atoms with Gasteiger partial charge in [-0.05, 0) is 55.1 Å².